The van der Waals surface area contributed by atoms with Gasteiger partial charge in [-0.15, -0.1) is 0 Å². The van der Waals surface area contributed by atoms with E-state index >= 15 is 0 Å². The van der Waals surface area contributed by atoms with Crippen LogP contribution >= 0.6 is 0 Å². The lowest BCUT2D eigenvalue weighted by Gasteiger charge is -2.29. The summed E-state index contributed by atoms with van der Waals surface area (Å²) >= 11 is 0. The molecule has 0 aromatic carbocycles. The fourth-order valence-corrected chi connectivity index (χ4v) is 1.84. The molecule has 0 aromatic heterocycles. The van der Waals surface area contributed by atoms with Crippen molar-refractivity contribution < 1.29 is 4.74 Å². The fraction of sp³-hybridized carbons (Fsp3) is 1.00. The monoisotopic (exact) mass is 230 g/mol. The SMILES string of the molecule is CCCCCCCC(C)(CN)NCCOC. The fourth-order valence-electron chi connectivity index (χ4n) is 1.84. The van der Waals surface area contributed by atoms with Crippen LogP contribution in [0.5, 0.6) is 0 Å². The van der Waals surface area contributed by atoms with Crippen molar-refractivity contribution >= 4 is 0 Å². The number of nitrogens with two attached hydrogens (primary N) is 1. The zero-order chi connectivity index (χ0) is 12.3. The molecule has 0 heterocycles. The molecule has 0 bridgehead atoms. The van der Waals surface area contributed by atoms with E-state index in [0.717, 1.165) is 19.6 Å². The third-order valence-corrected chi connectivity index (χ3v) is 3.14. The van der Waals surface area contributed by atoms with Crippen LogP contribution in [0.15, 0.2) is 0 Å². The van der Waals surface area contributed by atoms with E-state index in [2.05, 4.69) is 19.2 Å². The largest absolute Gasteiger partial charge is 0.383 e. The molecular formula is C13H30N2O. The van der Waals surface area contributed by atoms with Gasteiger partial charge in [0.05, 0.1) is 6.61 Å². The topological polar surface area (TPSA) is 47.3 Å². The van der Waals surface area contributed by atoms with Gasteiger partial charge in [-0.05, 0) is 13.3 Å². The Morgan fingerprint density at radius 2 is 1.88 bits per heavy atom. The highest BCUT2D eigenvalue weighted by atomic mass is 16.5. The zero-order valence-electron chi connectivity index (χ0n) is 11.3. The van der Waals surface area contributed by atoms with Crippen LogP contribution in [0.3, 0.4) is 0 Å². The Labute approximate surface area is 101 Å². The molecule has 0 aliphatic rings. The van der Waals surface area contributed by atoms with Gasteiger partial charge < -0.3 is 15.8 Å². The van der Waals surface area contributed by atoms with Gasteiger partial charge in [-0.25, -0.2) is 0 Å². The van der Waals surface area contributed by atoms with Crippen molar-refractivity contribution in [3.8, 4) is 0 Å². The Morgan fingerprint density at radius 3 is 2.44 bits per heavy atom. The first-order valence-corrected chi connectivity index (χ1v) is 6.62. The van der Waals surface area contributed by atoms with Gasteiger partial charge in [0.1, 0.15) is 0 Å². The van der Waals surface area contributed by atoms with E-state index < -0.39 is 0 Å². The first-order valence-electron chi connectivity index (χ1n) is 6.62. The summed E-state index contributed by atoms with van der Waals surface area (Å²) in [5, 5.41) is 3.49. The van der Waals surface area contributed by atoms with E-state index in [1.165, 1.54) is 32.1 Å². The Bertz CT molecular complexity index is 153. The van der Waals surface area contributed by atoms with E-state index in [9.17, 15) is 0 Å². The lowest BCUT2D eigenvalue weighted by molar-refractivity contribution is 0.184. The molecule has 98 valence electrons. The molecule has 3 heteroatoms. The van der Waals surface area contributed by atoms with Crippen molar-refractivity contribution in [3.63, 3.8) is 0 Å². The first kappa shape index (κ1) is 15.9. The Kier molecular flexibility index (Phi) is 9.99. The molecule has 16 heavy (non-hydrogen) atoms. The summed E-state index contributed by atoms with van der Waals surface area (Å²) in [6.45, 7) is 6.80. The van der Waals surface area contributed by atoms with Crippen molar-refractivity contribution in [2.24, 2.45) is 5.73 Å². The number of nitrogens with one attached hydrogen (secondary N) is 1. The maximum Gasteiger partial charge on any atom is 0.0587 e. The normalized spacial score (nSPS) is 15.0. The van der Waals surface area contributed by atoms with E-state index in [1.807, 2.05) is 0 Å². The predicted molar refractivity (Wildman–Crippen MR) is 70.7 cm³/mol. The molecule has 0 amide bonds. The molecule has 3 nitrogen and oxygen atoms in total. The maximum absolute atomic E-state index is 5.83. The lowest BCUT2D eigenvalue weighted by Crippen LogP contribution is -2.49. The van der Waals surface area contributed by atoms with Crippen LogP contribution in [-0.4, -0.2) is 32.3 Å². The molecule has 0 spiro atoms. The number of methoxy groups -OCH3 is 1. The quantitative estimate of drug-likeness (QED) is 0.535. The van der Waals surface area contributed by atoms with Crippen LogP contribution < -0.4 is 11.1 Å². The molecule has 0 rings (SSSR count). The number of hydrogen-bond donors (Lipinski definition) is 2. The van der Waals surface area contributed by atoms with Crippen molar-refractivity contribution in [1.29, 1.82) is 0 Å². The van der Waals surface area contributed by atoms with Crippen LogP contribution in [0.4, 0.5) is 0 Å². The van der Waals surface area contributed by atoms with Crippen LogP contribution in [0.25, 0.3) is 0 Å². The van der Waals surface area contributed by atoms with Gasteiger partial charge in [-0.2, -0.15) is 0 Å². The highest BCUT2D eigenvalue weighted by Crippen LogP contribution is 2.14. The molecule has 0 fully saturated rings. The van der Waals surface area contributed by atoms with Crippen LogP contribution in [0.1, 0.15) is 52.4 Å². The zero-order valence-corrected chi connectivity index (χ0v) is 11.3. The van der Waals surface area contributed by atoms with Crippen molar-refractivity contribution in [1.82, 2.24) is 5.32 Å². The summed E-state index contributed by atoms with van der Waals surface area (Å²) in [6, 6.07) is 0. The molecular weight excluding hydrogens is 200 g/mol. The van der Waals surface area contributed by atoms with Crippen molar-refractivity contribution in [2.45, 2.75) is 57.9 Å². The number of ether oxygens (including phenoxy) is 1. The average Bonchev–Trinajstić information content (AvgIpc) is 2.29. The molecule has 1 atom stereocenters. The second-order valence-corrected chi connectivity index (χ2v) is 4.85. The number of rotatable bonds is 11. The second-order valence-electron chi connectivity index (χ2n) is 4.85. The Morgan fingerprint density at radius 1 is 1.19 bits per heavy atom. The summed E-state index contributed by atoms with van der Waals surface area (Å²) < 4.78 is 5.04. The second kappa shape index (κ2) is 10.1. The van der Waals surface area contributed by atoms with Gasteiger partial charge in [-0.3, -0.25) is 0 Å². The number of hydrogen-bond acceptors (Lipinski definition) is 3. The summed E-state index contributed by atoms with van der Waals surface area (Å²) in [7, 11) is 1.73. The van der Waals surface area contributed by atoms with Crippen LogP contribution in [0.2, 0.25) is 0 Å². The maximum atomic E-state index is 5.83. The van der Waals surface area contributed by atoms with Gasteiger partial charge in [0.25, 0.3) is 0 Å². The predicted octanol–water partition coefficient (Wildman–Crippen LogP) is 2.30. The van der Waals surface area contributed by atoms with Gasteiger partial charge in [0.2, 0.25) is 0 Å². The third kappa shape index (κ3) is 8.08. The van der Waals surface area contributed by atoms with E-state index in [0.29, 0.717) is 6.54 Å². The molecule has 1 unspecified atom stereocenters. The minimum Gasteiger partial charge on any atom is -0.383 e. The van der Waals surface area contributed by atoms with Crippen LogP contribution in [-0.2, 0) is 4.74 Å². The van der Waals surface area contributed by atoms with E-state index in [4.69, 9.17) is 10.5 Å². The molecule has 0 aliphatic carbocycles. The number of unbranched alkanes of at least 4 members (excludes halogenated alkanes) is 4. The van der Waals surface area contributed by atoms with E-state index in [1.54, 1.807) is 7.11 Å². The molecule has 0 aliphatic heterocycles. The molecule has 0 saturated heterocycles. The van der Waals surface area contributed by atoms with Gasteiger partial charge in [0, 0.05) is 25.7 Å². The summed E-state index contributed by atoms with van der Waals surface area (Å²) in [5.74, 6) is 0. The van der Waals surface area contributed by atoms with Crippen molar-refractivity contribution in [2.75, 3.05) is 26.8 Å². The van der Waals surface area contributed by atoms with Gasteiger partial charge in [0.15, 0.2) is 0 Å². The average molecular weight is 230 g/mol. The third-order valence-electron chi connectivity index (χ3n) is 3.14. The van der Waals surface area contributed by atoms with Gasteiger partial charge >= 0.3 is 0 Å². The van der Waals surface area contributed by atoms with Crippen molar-refractivity contribution in [3.05, 3.63) is 0 Å². The summed E-state index contributed by atoms with van der Waals surface area (Å²) in [5.41, 5.74) is 5.91. The standard InChI is InChI=1S/C13H30N2O/c1-4-5-6-7-8-9-13(2,12-14)15-10-11-16-3/h15H,4-12,14H2,1-3H3. The first-order chi connectivity index (χ1) is 7.68. The minimum atomic E-state index is 0.0880. The minimum absolute atomic E-state index is 0.0880. The molecule has 0 radical (unpaired) electrons. The smallest absolute Gasteiger partial charge is 0.0587 e. The van der Waals surface area contributed by atoms with E-state index in [-0.39, 0.29) is 5.54 Å². The van der Waals surface area contributed by atoms with Crippen LogP contribution in [0, 0.1) is 0 Å². The summed E-state index contributed by atoms with van der Waals surface area (Å²) in [6.07, 6.45) is 7.78. The Balaban J connectivity index is 3.61. The lowest BCUT2D eigenvalue weighted by atomic mass is 9.94. The molecule has 3 N–H and O–H groups in total. The highest BCUT2D eigenvalue weighted by molar-refractivity contribution is 4.83. The Hall–Kier alpha value is -0.120. The highest BCUT2D eigenvalue weighted by Gasteiger charge is 2.20. The van der Waals surface area contributed by atoms with Gasteiger partial charge in [-0.1, -0.05) is 39.0 Å². The molecule has 0 saturated carbocycles. The summed E-state index contributed by atoms with van der Waals surface area (Å²) in [4.78, 5) is 0. The molecule has 0 aromatic rings.